The molecular weight excluding hydrogens is 272 g/mol. The molecule has 0 aliphatic carbocycles. The van der Waals surface area contributed by atoms with E-state index in [9.17, 15) is 5.11 Å². The van der Waals surface area contributed by atoms with Crippen LogP contribution >= 0.6 is 11.8 Å². The smallest absolute Gasteiger partial charge is 0.141 e. The molecule has 5 nitrogen and oxygen atoms in total. The summed E-state index contributed by atoms with van der Waals surface area (Å²) >= 11 is 2.02. The number of hydrogen-bond donors (Lipinski definition) is 1. The van der Waals surface area contributed by atoms with Gasteiger partial charge in [0.2, 0.25) is 0 Å². The van der Waals surface area contributed by atoms with Gasteiger partial charge in [0, 0.05) is 24.9 Å². The zero-order valence-electron chi connectivity index (χ0n) is 12.5. The van der Waals surface area contributed by atoms with E-state index in [0.29, 0.717) is 12.0 Å². The molecule has 20 heavy (non-hydrogen) atoms. The Bertz CT molecular complexity index is 390. The van der Waals surface area contributed by atoms with Gasteiger partial charge in [0.15, 0.2) is 0 Å². The van der Waals surface area contributed by atoms with Crippen LogP contribution in [0.3, 0.4) is 0 Å². The molecule has 6 heteroatoms. The minimum Gasteiger partial charge on any atom is -0.395 e. The van der Waals surface area contributed by atoms with Crippen molar-refractivity contribution in [2.24, 2.45) is 5.92 Å². The Hall–Kier alpha value is -0.590. The van der Waals surface area contributed by atoms with Gasteiger partial charge in [-0.15, -0.1) is 0 Å². The summed E-state index contributed by atoms with van der Waals surface area (Å²) < 4.78 is 2.00. The molecular formula is C14H26N4OS. The first-order valence-corrected chi connectivity index (χ1v) is 8.65. The standard InChI is InChI=1S/C14H26N4OS/c1-12(2)8-18-14(15-11-16-18)9-17(5-6-19)13-4-3-7-20-10-13/h11-13,19H,3-10H2,1-2H3/t13-/m0/s1. The first-order valence-electron chi connectivity index (χ1n) is 7.50. The van der Waals surface area contributed by atoms with Crippen molar-refractivity contribution in [3.63, 3.8) is 0 Å². The Morgan fingerprint density at radius 1 is 1.55 bits per heavy atom. The van der Waals surface area contributed by atoms with Crippen LogP contribution < -0.4 is 0 Å². The van der Waals surface area contributed by atoms with E-state index in [1.165, 1.54) is 18.6 Å². The molecule has 0 radical (unpaired) electrons. The van der Waals surface area contributed by atoms with E-state index < -0.39 is 0 Å². The van der Waals surface area contributed by atoms with Crippen LogP contribution in [0.25, 0.3) is 0 Å². The molecule has 0 aromatic carbocycles. The first-order chi connectivity index (χ1) is 9.70. The van der Waals surface area contributed by atoms with Gasteiger partial charge in [-0.25, -0.2) is 9.67 Å². The second-order valence-electron chi connectivity index (χ2n) is 5.82. The molecule has 0 unspecified atom stereocenters. The number of aliphatic hydroxyl groups is 1. The summed E-state index contributed by atoms with van der Waals surface area (Å²) in [6, 6.07) is 0.560. The summed E-state index contributed by atoms with van der Waals surface area (Å²) in [5.74, 6) is 4.01. The van der Waals surface area contributed by atoms with E-state index in [1.54, 1.807) is 6.33 Å². The second-order valence-corrected chi connectivity index (χ2v) is 6.97. The lowest BCUT2D eigenvalue weighted by Gasteiger charge is -2.33. The van der Waals surface area contributed by atoms with E-state index >= 15 is 0 Å². The number of hydrogen-bond acceptors (Lipinski definition) is 5. The molecule has 1 aromatic rings. The van der Waals surface area contributed by atoms with Gasteiger partial charge in [-0.3, -0.25) is 4.90 Å². The fourth-order valence-corrected chi connectivity index (χ4v) is 3.81. The fraction of sp³-hybridized carbons (Fsp3) is 0.857. The van der Waals surface area contributed by atoms with Gasteiger partial charge in [0.05, 0.1) is 13.2 Å². The molecule has 0 bridgehead atoms. The Balaban J connectivity index is 2.01. The first kappa shape index (κ1) is 15.8. The summed E-state index contributed by atoms with van der Waals surface area (Å²) in [7, 11) is 0. The van der Waals surface area contributed by atoms with Gasteiger partial charge in [0.1, 0.15) is 12.2 Å². The molecule has 2 heterocycles. The summed E-state index contributed by atoms with van der Waals surface area (Å²) in [5, 5.41) is 13.6. The summed E-state index contributed by atoms with van der Waals surface area (Å²) in [6.45, 7) is 7.00. The molecule has 0 amide bonds. The summed E-state index contributed by atoms with van der Waals surface area (Å²) in [4.78, 5) is 6.78. The van der Waals surface area contributed by atoms with Gasteiger partial charge in [-0.1, -0.05) is 13.8 Å². The molecule has 114 valence electrons. The predicted octanol–water partition coefficient (Wildman–Crippen LogP) is 1.62. The largest absolute Gasteiger partial charge is 0.395 e. The van der Waals surface area contributed by atoms with Crippen molar-refractivity contribution in [2.75, 3.05) is 24.7 Å². The zero-order valence-corrected chi connectivity index (χ0v) is 13.3. The third-order valence-corrected chi connectivity index (χ3v) is 4.82. The van der Waals surface area contributed by atoms with Crippen LogP contribution in [-0.4, -0.2) is 55.5 Å². The van der Waals surface area contributed by atoms with Gasteiger partial charge in [-0.2, -0.15) is 16.9 Å². The second kappa shape index (κ2) is 8.00. The lowest BCUT2D eigenvalue weighted by molar-refractivity contribution is 0.140. The van der Waals surface area contributed by atoms with Gasteiger partial charge >= 0.3 is 0 Å². The molecule has 0 spiro atoms. The number of nitrogens with zero attached hydrogens (tertiary/aromatic N) is 4. The maximum atomic E-state index is 9.32. The minimum absolute atomic E-state index is 0.208. The van der Waals surface area contributed by atoms with E-state index in [1.807, 2.05) is 16.4 Å². The average molecular weight is 298 g/mol. The predicted molar refractivity (Wildman–Crippen MR) is 82.7 cm³/mol. The maximum absolute atomic E-state index is 9.32. The van der Waals surface area contributed by atoms with Crippen molar-refractivity contribution in [3.8, 4) is 0 Å². The SMILES string of the molecule is CC(C)Cn1ncnc1CN(CCO)[C@H]1CCCSC1. The Labute approximate surface area is 125 Å². The normalized spacial score (nSPS) is 19.9. The van der Waals surface area contributed by atoms with Crippen molar-refractivity contribution in [1.29, 1.82) is 0 Å². The Morgan fingerprint density at radius 3 is 3.05 bits per heavy atom. The molecule has 1 atom stereocenters. The molecule has 1 saturated heterocycles. The third kappa shape index (κ3) is 4.46. The van der Waals surface area contributed by atoms with Gasteiger partial charge in [0.25, 0.3) is 0 Å². The van der Waals surface area contributed by atoms with Crippen LogP contribution in [-0.2, 0) is 13.1 Å². The van der Waals surface area contributed by atoms with Crippen LogP contribution in [0.2, 0.25) is 0 Å². The van der Waals surface area contributed by atoms with Crippen LogP contribution in [0.4, 0.5) is 0 Å². The highest BCUT2D eigenvalue weighted by Gasteiger charge is 2.22. The van der Waals surface area contributed by atoms with Gasteiger partial charge < -0.3 is 5.11 Å². The van der Waals surface area contributed by atoms with Crippen LogP contribution in [0.15, 0.2) is 6.33 Å². The Kier molecular flexibility index (Phi) is 6.32. The van der Waals surface area contributed by atoms with Crippen molar-refractivity contribution in [3.05, 3.63) is 12.2 Å². The lowest BCUT2D eigenvalue weighted by atomic mass is 10.1. The minimum atomic E-state index is 0.208. The molecule has 1 fully saturated rings. The fourth-order valence-electron chi connectivity index (χ4n) is 2.62. The van der Waals surface area contributed by atoms with Crippen LogP contribution in [0.5, 0.6) is 0 Å². The summed E-state index contributed by atoms with van der Waals surface area (Å²) in [6.07, 6.45) is 4.14. The van der Waals surface area contributed by atoms with Gasteiger partial charge in [-0.05, 0) is 24.5 Å². The highest BCUT2D eigenvalue weighted by Crippen LogP contribution is 2.22. The van der Waals surface area contributed by atoms with E-state index in [-0.39, 0.29) is 6.61 Å². The monoisotopic (exact) mass is 298 g/mol. The lowest BCUT2D eigenvalue weighted by Crippen LogP contribution is -2.40. The quantitative estimate of drug-likeness (QED) is 0.829. The highest BCUT2D eigenvalue weighted by molar-refractivity contribution is 7.99. The highest BCUT2D eigenvalue weighted by atomic mass is 32.2. The van der Waals surface area contributed by atoms with Crippen molar-refractivity contribution < 1.29 is 5.11 Å². The number of aromatic nitrogens is 3. The van der Waals surface area contributed by atoms with E-state index in [2.05, 4.69) is 28.8 Å². The molecule has 0 saturated carbocycles. The maximum Gasteiger partial charge on any atom is 0.141 e. The van der Waals surface area contributed by atoms with Crippen molar-refractivity contribution >= 4 is 11.8 Å². The van der Waals surface area contributed by atoms with Crippen molar-refractivity contribution in [2.45, 2.75) is 45.8 Å². The molecule has 1 aliphatic heterocycles. The summed E-state index contributed by atoms with van der Waals surface area (Å²) in [5.41, 5.74) is 0. The average Bonchev–Trinajstić information content (AvgIpc) is 2.86. The topological polar surface area (TPSA) is 54.2 Å². The molecule has 1 aliphatic rings. The van der Waals surface area contributed by atoms with Crippen LogP contribution in [0.1, 0.15) is 32.5 Å². The van der Waals surface area contributed by atoms with Crippen LogP contribution in [0, 0.1) is 5.92 Å². The molecule has 2 rings (SSSR count). The zero-order chi connectivity index (χ0) is 14.4. The van der Waals surface area contributed by atoms with E-state index in [0.717, 1.165) is 31.2 Å². The Morgan fingerprint density at radius 2 is 2.40 bits per heavy atom. The number of thioether (sulfide) groups is 1. The van der Waals surface area contributed by atoms with Crippen molar-refractivity contribution in [1.82, 2.24) is 19.7 Å². The number of aliphatic hydroxyl groups excluding tert-OH is 1. The molecule has 1 aromatic heterocycles. The molecule has 1 N–H and O–H groups in total. The third-order valence-electron chi connectivity index (χ3n) is 3.62. The van der Waals surface area contributed by atoms with E-state index in [4.69, 9.17) is 0 Å². The number of rotatable bonds is 7.